The van der Waals surface area contributed by atoms with Crippen LogP contribution in [0.5, 0.6) is 0 Å². The van der Waals surface area contributed by atoms with E-state index in [-0.39, 0.29) is 12.5 Å². The van der Waals surface area contributed by atoms with Crippen molar-refractivity contribution in [2.24, 2.45) is 5.11 Å². The van der Waals surface area contributed by atoms with Crippen molar-refractivity contribution in [2.75, 3.05) is 13.2 Å². The minimum absolute atomic E-state index is 0.128. The van der Waals surface area contributed by atoms with E-state index in [1.165, 1.54) is 6.92 Å². The summed E-state index contributed by atoms with van der Waals surface area (Å²) in [5, 5.41) is 24.6. The summed E-state index contributed by atoms with van der Waals surface area (Å²) in [5.41, 5.74) is 8.27. The van der Waals surface area contributed by atoms with Gasteiger partial charge in [-0.25, -0.2) is 0 Å². The summed E-state index contributed by atoms with van der Waals surface area (Å²) in [7, 11) is 0. The number of carbonyl (C=O) groups is 1. The number of hydrogen-bond acceptors (Lipinski definition) is 5. The lowest BCUT2D eigenvalue weighted by molar-refractivity contribution is -0.120. The van der Waals surface area contributed by atoms with Crippen molar-refractivity contribution < 1.29 is 19.7 Å². The second-order valence-corrected chi connectivity index (χ2v) is 3.55. The van der Waals surface area contributed by atoms with Gasteiger partial charge >= 0.3 is 0 Å². The highest BCUT2D eigenvalue weighted by Gasteiger charge is 2.40. The van der Waals surface area contributed by atoms with Crippen LogP contribution in [0.3, 0.4) is 0 Å². The molecule has 0 saturated carbocycles. The van der Waals surface area contributed by atoms with Crippen LogP contribution in [-0.4, -0.2) is 53.6 Å². The molecule has 3 unspecified atom stereocenters. The molecule has 8 heteroatoms. The van der Waals surface area contributed by atoms with Crippen molar-refractivity contribution in [3.05, 3.63) is 10.4 Å². The van der Waals surface area contributed by atoms with Crippen LogP contribution < -0.4 is 5.32 Å². The predicted octanol–water partition coefficient (Wildman–Crippen LogP) is -1.08. The number of nitrogens with zero attached hydrogens (tertiary/aromatic N) is 3. The van der Waals surface area contributed by atoms with Crippen LogP contribution >= 0.6 is 0 Å². The standard InChI is InChI=1S/C8H14N4O4/c1-4(14)10-6-3-16-8(7(6)15)5(2-13)11-12-9/h5-8,13,15H,2-3H2,1H3,(H,10,14)/t5?,6?,7?,8-/m1/s1. The van der Waals surface area contributed by atoms with E-state index in [0.29, 0.717) is 0 Å². The van der Waals surface area contributed by atoms with E-state index in [0.717, 1.165) is 0 Å². The molecule has 1 aliphatic rings. The van der Waals surface area contributed by atoms with Gasteiger partial charge in [0, 0.05) is 11.8 Å². The number of aliphatic hydroxyl groups excluding tert-OH is 2. The minimum atomic E-state index is -0.994. The molecule has 0 aromatic heterocycles. The van der Waals surface area contributed by atoms with Gasteiger partial charge in [0.25, 0.3) is 0 Å². The normalized spacial score (nSPS) is 30.6. The molecule has 3 N–H and O–H groups in total. The maximum atomic E-state index is 10.8. The molecular formula is C8H14N4O4. The van der Waals surface area contributed by atoms with Crippen LogP contribution in [0, 0.1) is 0 Å². The molecule has 0 aromatic carbocycles. The average Bonchev–Trinajstić information content (AvgIpc) is 2.57. The average molecular weight is 230 g/mol. The molecule has 16 heavy (non-hydrogen) atoms. The van der Waals surface area contributed by atoms with Crippen LogP contribution in [0.25, 0.3) is 10.4 Å². The molecule has 8 nitrogen and oxygen atoms in total. The SMILES string of the molecule is CC(=O)NC1CO[C@H](C(CO)N=[N+]=[N-])C1O. The predicted molar refractivity (Wildman–Crippen MR) is 53.4 cm³/mol. The highest BCUT2D eigenvalue weighted by molar-refractivity contribution is 5.73. The van der Waals surface area contributed by atoms with Gasteiger partial charge in [-0.3, -0.25) is 4.79 Å². The Morgan fingerprint density at radius 1 is 1.81 bits per heavy atom. The molecule has 0 aliphatic carbocycles. The molecule has 1 fully saturated rings. The monoisotopic (exact) mass is 230 g/mol. The van der Waals surface area contributed by atoms with Crippen LogP contribution in [-0.2, 0) is 9.53 Å². The van der Waals surface area contributed by atoms with Crippen molar-refractivity contribution in [1.29, 1.82) is 0 Å². The van der Waals surface area contributed by atoms with E-state index < -0.39 is 30.9 Å². The zero-order valence-corrected chi connectivity index (χ0v) is 8.78. The van der Waals surface area contributed by atoms with Crippen LogP contribution in [0.2, 0.25) is 0 Å². The maximum Gasteiger partial charge on any atom is 0.217 e. The van der Waals surface area contributed by atoms with E-state index in [9.17, 15) is 9.90 Å². The Kier molecular flexibility index (Phi) is 4.51. The van der Waals surface area contributed by atoms with Crippen LogP contribution in [0.4, 0.5) is 0 Å². The Morgan fingerprint density at radius 2 is 2.50 bits per heavy atom. The van der Waals surface area contributed by atoms with Crippen molar-refractivity contribution >= 4 is 5.91 Å². The van der Waals surface area contributed by atoms with E-state index in [1.54, 1.807) is 0 Å². The first-order chi connectivity index (χ1) is 7.60. The minimum Gasteiger partial charge on any atom is -0.396 e. The summed E-state index contributed by atoms with van der Waals surface area (Å²) >= 11 is 0. The first-order valence-corrected chi connectivity index (χ1v) is 4.82. The van der Waals surface area contributed by atoms with Crippen molar-refractivity contribution in [2.45, 2.75) is 31.2 Å². The molecule has 1 rings (SSSR count). The molecule has 0 radical (unpaired) electrons. The number of aliphatic hydroxyl groups is 2. The van der Waals surface area contributed by atoms with E-state index in [4.69, 9.17) is 15.4 Å². The zero-order valence-electron chi connectivity index (χ0n) is 8.78. The Hall–Kier alpha value is -1.34. The Balaban J connectivity index is 2.64. The van der Waals surface area contributed by atoms with Crippen molar-refractivity contribution in [1.82, 2.24) is 5.32 Å². The van der Waals surface area contributed by atoms with Gasteiger partial charge in [0.1, 0.15) is 6.10 Å². The van der Waals surface area contributed by atoms with E-state index in [1.807, 2.05) is 0 Å². The lowest BCUT2D eigenvalue weighted by Gasteiger charge is -2.21. The van der Waals surface area contributed by atoms with Crippen molar-refractivity contribution in [3.63, 3.8) is 0 Å². The quantitative estimate of drug-likeness (QED) is 0.322. The number of azide groups is 1. The molecular weight excluding hydrogens is 216 g/mol. The Labute approximate surface area is 91.8 Å². The largest absolute Gasteiger partial charge is 0.396 e. The molecule has 1 amide bonds. The summed E-state index contributed by atoms with van der Waals surface area (Å²) in [6.45, 7) is 1.04. The van der Waals surface area contributed by atoms with Gasteiger partial charge in [0.2, 0.25) is 5.91 Å². The third-order valence-corrected chi connectivity index (χ3v) is 2.37. The smallest absolute Gasteiger partial charge is 0.217 e. The number of ether oxygens (including phenoxy) is 1. The van der Waals surface area contributed by atoms with Gasteiger partial charge < -0.3 is 20.3 Å². The number of nitrogens with one attached hydrogen (secondary N) is 1. The summed E-state index contributed by atoms with van der Waals surface area (Å²) in [6, 6.07) is -1.38. The first-order valence-electron chi connectivity index (χ1n) is 4.82. The number of hydrogen-bond donors (Lipinski definition) is 3. The lowest BCUT2D eigenvalue weighted by Crippen LogP contribution is -2.46. The second kappa shape index (κ2) is 5.66. The summed E-state index contributed by atoms with van der Waals surface area (Å²) in [6.07, 6.45) is -1.79. The van der Waals surface area contributed by atoms with Gasteiger partial charge in [0.05, 0.1) is 31.4 Å². The summed E-state index contributed by atoms with van der Waals surface area (Å²) in [4.78, 5) is 13.4. The zero-order chi connectivity index (χ0) is 12.1. The molecule has 90 valence electrons. The second-order valence-electron chi connectivity index (χ2n) is 3.55. The molecule has 0 spiro atoms. The number of rotatable bonds is 4. The van der Waals surface area contributed by atoms with Gasteiger partial charge in [0.15, 0.2) is 0 Å². The van der Waals surface area contributed by atoms with E-state index in [2.05, 4.69) is 15.3 Å². The van der Waals surface area contributed by atoms with Crippen molar-refractivity contribution in [3.8, 4) is 0 Å². The number of carbonyl (C=O) groups excluding carboxylic acids is 1. The van der Waals surface area contributed by atoms with Gasteiger partial charge in [-0.2, -0.15) is 0 Å². The van der Waals surface area contributed by atoms with Gasteiger partial charge in [-0.15, -0.1) is 0 Å². The van der Waals surface area contributed by atoms with Crippen LogP contribution in [0.15, 0.2) is 5.11 Å². The maximum absolute atomic E-state index is 10.8. The first kappa shape index (κ1) is 12.7. The van der Waals surface area contributed by atoms with Gasteiger partial charge in [-0.1, -0.05) is 5.11 Å². The fourth-order valence-corrected chi connectivity index (χ4v) is 1.64. The molecule has 1 saturated heterocycles. The fourth-order valence-electron chi connectivity index (χ4n) is 1.64. The highest BCUT2D eigenvalue weighted by Crippen LogP contribution is 2.19. The molecule has 1 heterocycles. The summed E-state index contributed by atoms with van der Waals surface area (Å²) < 4.78 is 5.19. The third kappa shape index (κ3) is 2.83. The molecule has 0 aromatic rings. The van der Waals surface area contributed by atoms with Crippen LogP contribution in [0.1, 0.15) is 6.92 Å². The van der Waals surface area contributed by atoms with Gasteiger partial charge in [-0.05, 0) is 5.53 Å². The molecule has 4 atom stereocenters. The third-order valence-electron chi connectivity index (χ3n) is 2.37. The molecule has 0 bridgehead atoms. The summed E-state index contributed by atoms with van der Waals surface area (Å²) in [5.74, 6) is -0.280. The van der Waals surface area contributed by atoms with E-state index >= 15 is 0 Å². The number of amides is 1. The molecule has 1 aliphatic heterocycles. The Bertz CT molecular complexity index is 304. The lowest BCUT2D eigenvalue weighted by atomic mass is 10.0. The topological polar surface area (TPSA) is 128 Å². The fraction of sp³-hybridized carbons (Fsp3) is 0.875. The highest BCUT2D eigenvalue weighted by atomic mass is 16.5. The Morgan fingerprint density at radius 3 is 3.00 bits per heavy atom.